The van der Waals surface area contributed by atoms with Gasteiger partial charge in [0, 0.05) is 31.0 Å². The van der Waals surface area contributed by atoms with Crippen LogP contribution >= 0.6 is 0 Å². The number of hydrogen-bond acceptors (Lipinski definition) is 5. The molecule has 9 nitrogen and oxygen atoms in total. The number of aryl methyl sites for hydroxylation is 1. The van der Waals surface area contributed by atoms with Gasteiger partial charge in [-0.05, 0) is 79.3 Å². The van der Waals surface area contributed by atoms with E-state index in [4.69, 9.17) is 5.10 Å². The molecule has 1 aromatic heterocycles. The van der Waals surface area contributed by atoms with Crippen molar-refractivity contribution in [1.82, 2.24) is 19.6 Å². The van der Waals surface area contributed by atoms with Gasteiger partial charge in [-0.15, -0.1) is 0 Å². The minimum atomic E-state index is -0.451. The molecule has 0 saturated heterocycles. The van der Waals surface area contributed by atoms with Gasteiger partial charge in [-0.25, -0.2) is 9.07 Å². The summed E-state index contributed by atoms with van der Waals surface area (Å²) >= 11 is 0. The molecule has 0 bridgehead atoms. The number of carbonyl (C=O) groups excluding carboxylic acids is 3. The van der Waals surface area contributed by atoms with Gasteiger partial charge in [-0.3, -0.25) is 14.4 Å². The van der Waals surface area contributed by atoms with E-state index in [1.807, 2.05) is 36.1 Å². The highest BCUT2D eigenvalue weighted by Crippen LogP contribution is 2.29. The van der Waals surface area contributed by atoms with Crippen LogP contribution in [0, 0.1) is 12.7 Å². The molecule has 0 fully saturated rings. The first-order valence-corrected chi connectivity index (χ1v) is 16.8. The van der Waals surface area contributed by atoms with Crippen LogP contribution in [0.3, 0.4) is 0 Å². The van der Waals surface area contributed by atoms with Crippen LogP contribution in [0.2, 0.25) is 0 Å². The molecule has 2 heterocycles. The smallest absolute Gasteiger partial charge is 0.274 e. The summed E-state index contributed by atoms with van der Waals surface area (Å²) < 4.78 is 15.3. The average molecular weight is 654 g/mol. The van der Waals surface area contributed by atoms with Crippen molar-refractivity contribution in [3.05, 3.63) is 112 Å². The fourth-order valence-corrected chi connectivity index (χ4v) is 6.15. The van der Waals surface area contributed by atoms with Crippen LogP contribution in [-0.2, 0) is 24.2 Å². The topological polar surface area (TPSA) is 108 Å². The second-order valence-electron chi connectivity index (χ2n) is 12.4. The summed E-state index contributed by atoms with van der Waals surface area (Å²) in [5.41, 5.74) is 4.66. The maximum Gasteiger partial charge on any atom is 0.274 e. The molecule has 0 aliphatic carbocycles. The number of fused-ring (bicyclic) bond motifs is 1. The van der Waals surface area contributed by atoms with E-state index in [1.54, 1.807) is 46.0 Å². The molecular formula is C38H44FN5O4. The maximum atomic E-state index is 14.5. The number of unbranched alkanes of at least 4 members (excludes halogenated alkanes) is 2. The number of amides is 3. The van der Waals surface area contributed by atoms with E-state index in [1.165, 1.54) is 12.1 Å². The van der Waals surface area contributed by atoms with E-state index < -0.39 is 11.9 Å². The van der Waals surface area contributed by atoms with E-state index >= 15 is 0 Å². The summed E-state index contributed by atoms with van der Waals surface area (Å²) in [4.78, 5) is 44.6. The lowest BCUT2D eigenvalue weighted by atomic mass is 9.93. The molecule has 3 amide bonds. The number of carbonyl (C=O) groups is 3. The fraction of sp³-hybridized carbons (Fsp3) is 0.368. The predicted molar refractivity (Wildman–Crippen MR) is 184 cm³/mol. The molecule has 48 heavy (non-hydrogen) atoms. The van der Waals surface area contributed by atoms with E-state index in [0.717, 1.165) is 36.8 Å². The fourth-order valence-electron chi connectivity index (χ4n) is 6.15. The molecule has 5 rings (SSSR count). The molecule has 2 N–H and O–H groups in total. The summed E-state index contributed by atoms with van der Waals surface area (Å²) in [5, 5.41) is 17.9. The van der Waals surface area contributed by atoms with E-state index in [0.29, 0.717) is 54.4 Å². The van der Waals surface area contributed by atoms with Gasteiger partial charge < -0.3 is 20.2 Å². The van der Waals surface area contributed by atoms with Gasteiger partial charge in [0.25, 0.3) is 11.8 Å². The molecule has 0 spiro atoms. The van der Waals surface area contributed by atoms with Crippen LogP contribution in [0.25, 0.3) is 5.69 Å². The molecule has 1 aliphatic heterocycles. The van der Waals surface area contributed by atoms with Gasteiger partial charge in [0.1, 0.15) is 5.82 Å². The van der Waals surface area contributed by atoms with Crippen molar-refractivity contribution in [3.8, 4) is 5.69 Å². The van der Waals surface area contributed by atoms with Crippen molar-refractivity contribution < 1.29 is 23.9 Å². The van der Waals surface area contributed by atoms with Crippen LogP contribution in [0.5, 0.6) is 0 Å². The van der Waals surface area contributed by atoms with Crippen LogP contribution in [0.4, 0.5) is 10.1 Å². The summed E-state index contributed by atoms with van der Waals surface area (Å²) in [6.45, 7) is 7.40. The van der Waals surface area contributed by atoms with Gasteiger partial charge in [0.05, 0.1) is 30.3 Å². The number of rotatable bonds is 13. The summed E-state index contributed by atoms with van der Waals surface area (Å²) in [6.07, 6.45) is 4.18. The molecule has 4 aromatic rings. The van der Waals surface area contributed by atoms with Gasteiger partial charge in [0.2, 0.25) is 5.91 Å². The highest BCUT2D eigenvalue weighted by molar-refractivity contribution is 6.01. The molecule has 0 radical (unpaired) electrons. The standard InChI is InChI=1S/C38H44FN5O4/c1-4-6-17-42(18-7-5-2)38(48)34-19-26(3)44(41-34)35-16-15-31(40-36(46)21-27-11-10-14-30(39)20-27)23-33(35)37(47)43-24-29-13-9-8-12-28(29)22-32(43)25-45/h8-16,19-20,23,32,45H,4-7,17-18,21-22,24-25H2,1-3H3,(H,40,46)/t32-/m0/s1. The largest absolute Gasteiger partial charge is 0.394 e. The first-order chi connectivity index (χ1) is 23.2. The molecule has 10 heteroatoms. The Morgan fingerprint density at radius 1 is 0.958 bits per heavy atom. The number of aliphatic hydroxyl groups is 1. The van der Waals surface area contributed by atoms with Gasteiger partial charge >= 0.3 is 0 Å². The molecule has 0 unspecified atom stereocenters. The zero-order valence-corrected chi connectivity index (χ0v) is 27.9. The first kappa shape index (κ1) is 34.5. The van der Waals surface area contributed by atoms with Crippen molar-refractivity contribution in [2.75, 3.05) is 25.0 Å². The summed E-state index contributed by atoms with van der Waals surface area (Å²) in [6, 6.07) is 20.0. The van der Waals surface area contributed by atoms with Crippen molar-refractivity contribution in [1.29, 1.82) is 0 Å². The number of nitrogens with zero attached hydrogens (tertiary/aromatic N) is 4. The zero-order valence-electron chi connectivity index (χ0n) is 27.9. The minimum Gasteiger partial charge on any atom is -0.394 e. The Labute approximate surface area is 281 Å². The van der Waals surface area contributed by atoms with Gasteiger partial charge in [-0.1, -0.05) is 63.1 Å². The van der Waals surface area contributed by atoms with Crippen LogP contribution in [-0.4, -0.2) is 68.1 Å². The molecular weight excluding hydrogens is 609 g/mol. The van der Waals surface area contributed by atoms with Crippen LogP contribution < -0.4 is 5.32 Å². The first-order valence-electron chi connectivity index (χ1n) is 16.8. The molecule has 3 aromatic carbocycles. The predicted octanol–water partition coefficient (Wildman–Crippen LogP) is 6.10. The lowest BCUT2D eigenvalue weighted by Crippen LogP contribution is -2.46. The van der Waals surface area contributed by atoms with E-state index in [-0.39, 0.29) is 36.3 Å². The lowest BCUT2D eigenvalue weighted by Gasteiger charge is -2.36. The number of aromatic nitrogens is 2. The monoisotopic (exact) mass is 653 g/mol. The third kappa shape index (κ3) is 7.99. The molecule has 1 aliphatic rings. The summed E-state index contributed by atoms with van der Waals surface area (Å²) in [5.74, 6) is -1.28. The number of aliphatic hydroxyl groups excluding tert-OH is 1. The molecule has 0 saturated carbocycles. The van der Waals surface area contributed by atoms with Crippen molar-refractivity contribution >= 4 is 23.4 Å². The number of halogens is 1. The number of anilines is 1. The normalized spacial score (nSPS) is 14.0. The number of nitrogens with one attached hydrogen (secondary N) is 1. The van der Waals surface area contributed by atoms with Gasteiger partial charge in [-0.2, -0.15) is 5.10 Å². The highest BCUT2D eigenvalue weighted by Gasteiger charge is 2.32. The Hall–Kier alpha value is -4.83. The van der Waals surface area contributed by atoms with Crippen LogP contribution in [0.15, 0.2) is 72.8 Å². The van der Waals surface area contributed by atoms with Crippen LogP contribution in [0.1, 0.15) is 82.8 Å². The van der Waals surface area contributed by atoms with Crippen molar-refractivity contribution in [2.24, 2.45) is 0 Å². The second kappa shape index (κ2) is 15.8. The summed E-state index contributed by atoms with van der Waals surface area (Å²) in [7, 11) is 0. The number of hydrogen-bond donors (Lipinski definition) is 2. The third-order valence-electron chi connectivity index (χ3n) is 8.78. The third-order valence-corrected chi connectivity index (χ3v) is 8.78. The Kier molecular flexibility index (Phi) is 11.4. The Morgan fingerprint density at radius 2 is 1.69 bits per heavy atom. The molecule has 1 atom stereocenters. The quantitative estimate of drug-likeness (QED) is 0.181. The Balaban J connectivity index is 1.51. The van der Waals surface area contributed by atoms with E-state index in [9.17, 15) is 23.9 Å². The highest BCUT2D eigenvalue weighted by atomic mass is 19.1. The second-order valence-corrected chi connectivity index (χ2v) is 12.4. The van der Waals surface area contributed by atoms with Gasteiger partial charge in [0.15, 0.2) is 5.69 Å². The van der Waals surface area contributed by atoms with Crippen molar-refractivity contribution in [3.63, 3.8) is 0 Å². The Morgan fingerprint density at radius 3 is 2.38 bits per heavy atom. The lowest BCUT2D eigenvalue weighted by molar-refractivity contribution is -0.115. The van der Waals surface area contributed by atoms with Crippen molar-refractivity contribution in [2.45, 2.75) is 71.9 Å². The zero-order chi connectivity index (χ0) is 34.2. The SMILES string of the molecule is CCCCN(CCCC)C(=O)c1cc(C)n(-c2ccc(NC(=O)Cc3cccc(F)c3)cc2C(=O)N2Cc3ccccc3C[C@H]2CO)n1. The maximum absolute atomic E-state index is 14.5. The Bertz CT molecular complexity index is 1760. The average Bonchev–Trinajstić information content (AvgIpc) is 3.48. The number of benzene rings is 3. The van der Waals surface area contributed by atoms with E-state index in [2.05, 4.69) is 19.2 Å². The minimum absolute atomic E-state index is 0.0470. The molecule has 252 valence electrons.